The van der Waals surface area contributed by atoms with Crippen LogP contribution in [0.5, 0.6) is 0 Å². The Morgan fingerprint density at radius 2 is 1.95 bits per heavy atom. The average Bonchev–Trinajstić information content (AvgIpc) is 2.32. The molecule has 1 aromatic rings. The second kappa shape index (κ2) is 6.10. The number of benzene rings is 1. The van der Waals surface area contributed by atoms with Crippen molar-refractivity contribution >= 4 is 17.7 Å². The number of amides is 2. The highest BCUT2D eigenvalue weighted by molar-refractivity contribution is 5.93. The van der Waals surface area contributed by atoms with Crippen LogP contribution in [0.3, 0.4) is 0 Å². The summed E-state index contributed by atoms with van der Waals surface area (Å²) in [6.07, 6.45) is 0. The van der Waals surface area contributed by atoms with Gasteiger partial charge in [-0.1, -0.05) is 0 Å². The SMILES string of the molecule is CN(CCO)C(=O)Nc1cc(C(=O)O)c(F)cc1F. The molecule has 0 atom stereocenters. The highest BCUT2D eigenvalue weighted by atomic mass is 19.1. The maximum Gasteiger partial charge on any atom is 0.338 e. The van der Waals surface area contributed by atoms with Crippen LogP contribution in [0.2, 0.25) is 0 Å². The highest BCUT2D eigenvalue weighted by Crippen LogP contribution is 2.20. The van der Waals surface area contributed by atoms with Gasteiger partial charge >= 0.3 is 12.0 Å². The fraction of sp³-hybridized carbons (Fsp3) is 0.273. The van der Waals surface area contributed by atoms with E-state index >= 15 is 0 Å². The summed E-state index contributed by atoms with van der Waals surface area (Å²) in [6, 6.07) is 0.318. The molecule has 0 radical (unpaired) electrons. The van der Waals surface area contributed by atoms with Crippen LogP contribution in [0.25, 0.3) is 0 Å². The van der Waals surface area contributed by atoms with Gasteiger partial charge in [-0.3, -0.25) is 0 Å². The van der Waals surface area contributed by atoms with Crippen LogP contribution in [0.4, 0.5) is 19.3 Å². The molecule has 0 fully saturated rings. The summed E-state index contributed by atoms with van der Waals surface area (Å²) in [4.78, 5) is 23.3. The molecule has 0 spiro atoms. The first kappa shape index (κ1) is 14.8. The number of urea groups is 1. The fourth-order valence-corrected chi connectivity index (χ4v) is 1.27. The van der Waals surface area contributed by atoms with Crippen LogP contribution in [-0.4, -0.2) is 47.3 Å². The third-order valence-corrected chi connectivity index (χ3v) is 2.31. The van der Waals surface area contributed by atoms with Crippen molar-refractivity contribution in [1.82, 2.24) is 4.90 Å². The summed E-state index contributed by atoms with van der Waals surface area (Å²) in [5.41, 5.74) is -1.20. The Hall–Kier alpha value is -2.22. The molecular weight excluding hydrogens is 262 g/mol. The molecule has 8 heteroatoms. The first-order chi connectivity index (χ1) is 8.86. The summed E-state index contributed by atoms with van der Waals surface area (Å²) >= 11 is 0. The van der Waals surface area contributed by atoms with Crippen LogP contribution in [-0.2, 0) is 0 Å². The van der Waals surface area contributed by atoms with E-state index in [1.807, 2.05) is 0 Å². The van der Waals surface area contributed by atoms with Crippen molar-refractivity contribution in [3.05, 3.63) is 29.3 Å². The summed E-state index contributed by atoms with van der Waals surface area (Å²) in [5.74, 6) is -3.89. The molecule has 0 saturated heterocycles. The van der Waals surface area contributed by atoms with E-state index in [4.69, 9.17) is 10.2 Å². The fourth-order valence-electron chi connectivity index (χ4n) is 1.27. The topological polar surface area (TPSA) is 89.9 Å². The zero-order valence-electron chi connectivity index (χ0n) is 9.98. The quantitative estimate of drug-likeness (QED) is 0.767. The average molecular weight is 274 g/mol. The number of carbonyl (C=O) groups excluding carboxylic acids is 1. The Labute approximate surface area is 107 Å². The summed E-state index contributed by atoms with van der Waals surface area (Å²) in [7, 11) is 1.35. The minimum absolute atomic E-state index is 0.0143. The van der Waals surface area contributed by atoms with E-state index in [1.54, 1.807) is 0 Å². The number of carboxylic acids is 1. The maximum atomic E-state index is 13.4. The molecule has 2 amide bonds. The van der Waals surface area contributed by atoms with E-state index in [0.717, 1.165) is 4.90 Å². The highest BCUT2D eigenvalue weighted by Gasteiger charge is 2.17. The number of rotatable bonds is 4. The van der Waals surface area contributed by atoms with Crippen molar-refractivity contribution in [2.45, 2.75) is 0 Å². The first-order valence-corrected chi connectivity index (χ1v) is 5.22. The second-order valence-electron chi connectivity index (χ2n) is 3.69. The van der Waals surface area contributed by atoms with Crippen LogP contribution < -0.4 is 5.32 Å². The van der Waals surface area contributed by atoms with Crippen LogP contribution in [0, 0.1) is 11.6 Å². The minimum Gasteiger partial charge on any atom is -0.478 e. The van der Waals surface area contributed by atoms with Crippen molar-refractivity contribution in [3.8, 4) is 0 Å². The number of aromatic carboxylic acids is 1. The largest absolute Gasteiger partial charge is 0.478 e. The number of aliphatic hydroxyl groups excluding tert-OH is 1. The van der Waals surface area contributed by atoms with Crippen molar-refractivity contribution in [3.63, 3.8) is 0 Å². The van der Waals surface area contributed by atoms with Gasteiger partial charge in [-0.2, -0.15) is 0 Å². The molecule has 0 saturated carbocycles. The van der Waals surface area contributed by atoms with Gasteiger partial charge < -0.3 is 20.4 Å². The van der Waals surface area contributed by atoms with E-state index in [-0.39, 0.29) is 13.2 Å². The Balaban J connectivity index is 2.98. The van der Waals surface area contributed by atoms with E-state index in [1.165, 1.54) is 7.05 Å². The molecule has 1 rings (SSSR count). The number of hydrogen-bond donors (Lipinski definition) is 3. The Morgan fingerprint density at radius 1 is 1.32 bits per heavy atom. The third kappa shape index (κ3) is 3.62. The van der Waals surface area contributed by atoms with Gasteiger partial charge in [0.15, 0.2) is 0 Å². The molecule has 104 valence electrons. The van der Waals surface area contributed by atoms with Gasteiger partial charge in [0.05, 0.1) is 17.9 Å². The number of likely N-dealkylation sites (N-methyl/N-ethyl adjacent to an activating group) is 1. The van der Waals surface area contributed by atoms with Gasteiger partial charge in [0, 0.05) is 19.7 Å². The zero-order valence-corrected chi connectivity index (χ0v) is 9.98. The van der Waals surface area contributed by atoms with E-state index in [0.29, 0.717) is 12.1 Å². The standard InChI is InChI=1S/C11H12F2N2O4/c1-15(2-3-16)11(19)14-9-4-6(10(17)18)7(12)5-8(9)13/h4-5,16H,2-3H2,1H3,(H,14,19)(H,17,18). The first-order valence-electron chi connectivity index (χ1n) is 5.22. The monoisotopic (exact) mass is 274 g/mol. The normalized spacial score (nSPS) is 10.1. The molecule has 1 aromatic carbocycles. The van der Waals surface area contributed by atoms with Gasteiger partial charge in [0.1, 0.15) is 11.6 Å². The number of aliphatic hydroxyl groups is 1. The zero-order chi connectivity index (χ0) is 14.6. The molecule has 0 bridgehead atoms. The van der Waals surface area contributed by atoms with E-state index in [2.05, 4.69) is 5.32 Å². The lowest BCUT2D eigenvalue weighted by molar-refractivity contribution is 0.0692. The van der Waals surface area contributed by atoms with Gasteiger partial charge in [-0.05, 0) is 6.07 Å². The molecule has 0 unspecified atom stereocenters. The molecule has 0 aromatic heterocycles. The Kier molecular flexibility index (Phi) is 4.76. The lowest BCUT2D eigenvalue weighted by Gasteiger charge is -2.17. The predicted molar refractivity (Wildman–Crippen MR) is 62.1 cm³/mol. The van der Waals surface area contributed by atoms with Gasteiger partial charge in [0.2, 0.25) is 0 Å². The minimum atomic E-state index is -1.57. The van der Waals surface area contributed by atoms with Gasteiger partial charge in [0.25, 0.3) is 0 Å². The molecule has 19 heavy (non-hydrogen) atoms. The van der Waals surface area contributed by atoms with Crippen molar-refractivity contribution < 1.29 is 28.6 Å². The number of carbonyl (C=O) groups is 2. The Morgan fingerprint density at radius 3 is 2.47 bits per heavy atom. The van der Waals surface area contributed by atoms with E-state index in [9.17, 15) is 18.4 Å². The second-order valence-corrected chi connectivity index (χ2v) is 3.69. The van der Waals surface area contributed by atoms with Crippen LogP contribution in [0.1, 0.15) is 10.4 Å². The number of nitrogens with one attached hydrogen (secondary N) is 1. The number of nitrogens with zero attached hydrogens (tertiary/aromatic N) is 1. The number of halogens is 2. The smallest absolute Gasteiger partial charge is 0.338 e. The van der Waals surface area contributed by atoms with Crippen LogP contribution in [0.15, 0.2) is 12.1 Å². The van der Waals surface area contributed by atoms with Crippen LogP contribution >= 0.6 is 0 Å². The summed E-state index contributed by atoms with van der Waals surface area (Å²) < 4.78 is 26.5. The lowest BCUT2D eigenvalue weighted by atomic mass is 10.2. The molecule has 0 aliphatic rings. The van der Waals surface area contributed by atoms with Gasteiger partial charge in [-0.15, -0.1) is 0 Å². The maximum absolute atomic E-state index is 13.4. The number of hydrogen-bond acceptors (Lipinski definition) is 3. The van der Waals surface area contributed by atoms with Gasteiger partial charge in [-0.25, -0.2) is 18.4 Å². The molecule has 0 aliphatic heterocycles. The van der Waals surface area contributed by atoms with Crippen molar-refractivity contribution in [1.29, 1.82) is 0 Å². The number of carboxylic acid groups (broad SMARTS) is 1. The Bertz CT molecular complexity index is 508. The number of anilines is 1. The lowest BCUT2D eigenvalue weighted by Crippen LogP contribution is -2.33. The predicted octanol–water partition coefficient (Wildman–Crippen LogP) is 1.12. The molecule has 6 nitrogen and oxygen atoms in total. The van der Waals surface area contributed by atoms with Crippen molar-refractivity contribution in [2.75, 3.05) is 25.5 Å². The summed E-state index contributed by atoms with van der Waals surface area (Å²) in [6.45, 7) is -0.267. The molecule has 0 aliphatic carbocycles. The molecular formula is C11H12F2N2O4. The van der Waals surface area contributed by atoms with E-state index < -0.39 is 34.9 Å². The third-order valence-electron chi connectivity index (χ3n) is 2.31. The van der Waals surface area contributed by atoms with Crippen molar-refractivity contribution in [2.24, 2.45) is 0 Å². The molecule has 0 heterocycles. The molecule has 3 N–H and O–H groups in total. The summed E-state index contributed by atoms with van der Waals surface area (Å²) in [5, 5.41) is 19.4.